The zero-order valence-electron chi connectivity index (χ0n) is 13.3. The summed E-state index contributed by atoms with van der Waals surface area (Å²) in [7, 11) is 6.60. The fourth-order valence-electron chi connectivity index (χ4n) is 3.04. The van der Waals surface area contributed by atoms with E-state index in [-0.39, 0.29) is 0 Å². The predicted octanol–water partition coefficient (Wildman–Crippen LogP) is 2.04. The Hall–Kier alpha value is -0.120. The lowest BCUT2D eigenvalue weighted by atomic mass is 9.72. The molecule has 2 atom stereocenters. The van der Waals surface area contributed by atoms with Crippen LogP contribution >= 0.6 is 0 Å². The van der Waals surface area contributed by atoms with Gasteiger partial charge in [0, 0.05) is 25.2 Å². The molecule has 108 valence electrons. The topological polar surface area (TPSA) is 18.5 Å². The van der Waals surface area contributed by atoms with E-state index in [9.17, 15) is 0 Å². The van der Waals surface area contributed by atoms with Crippen molar-refractivity contribution >= 4 is 0 Å². The maximum Gasteiger partial charge on any atom is 0.0251 e. The van der Waals surface area contributed by atoms with Gasteiger partial charge in [0.15, 0.2) is 0 Å². The maximum absolute atomic E-state index is 3.69. The number of likely N-dealkylation sites (N-methyl/N-ethyl adjacent to an activating group) is 3. The number of nitrogens with zero attached hydrogens (tertiary/aromatic N) is 2. The van der Waals surface area contributed by atoms with E-state index >= 15 is 0 Å². The SMILES string of the molecule is CCNC1CCC(C)(C)CC1N(C)CCN(C)C. The molecule has 1 rings (SSSR count). The van der Waals surface area contributed by atoms with Gasteiger partial charge in [0.2, 0.25) is 0 Å². The third-order valence-corrected chi connectivity index (χ3v) is 4.29. The minimum atomic E-state index is 0.503. The summed E-state index contributed by atoms with van der Waals surface area (Å²) in [6.45, 7) is 10.4. The van der Waals surface area contributed by atoms with Gasteiger partial charge in [-0.25, -0.2) is 0 Å². The monoisotopic (exact) mass is 255 g/mol. The lowest BCUT2D eigenvalue weighted by Crippen LogP contribution is -2.54. The molecule has 3 heteroatoms. The number of hydrogen-bond acceptors (Lipinski definition) is 3. The van der Waals surface area contributed by atoms with Crippen molar-refractivity contribution in [3.63, 3.8) is 0 Å². The Bertz CT molecular complexity index is 238. The van der Waals surface area contributed by atoms with E-state index in [1.807, 2.05) is 0 Å². The van der Waals surface area contributed by atoms with E-state index in [2.05, 4.69) is 57.0 Å². The Labute approximate surface area is 114 Å². The Balaban J connectivity index is 2.59. The first-order valence-electron chi connectivity index (χ1n) is 7.44. The van der Waals surface area contributed by atoms with Crippen molar-refractivity contribution in [1.82, 2.24) is 15.1 Å². The van der Waals surface area contributed by atoms with E-state index in [4.69, 9.17) is 0 Å². The molecule has 1 aliphatic carbocycles. The average molecular weight is 255 g/mol. The van der Waals surface area contributed by atoms with Gasteiger partial charge >= 0.3 is 0 Å². The minimum Gasteiger partial charge on any atom is -0.313 e. The summed E-state index contributed by atoms with van der Waals surface area (Å²) in [6.07, 6.45) is 3.98. The first kappa shape index (κ1) is 15.9. The first-order chi connectivity index (χ1) is 8.35. The predicted molar refractivity (Wildman–Crippen MR) is 80.1 cm³/mol. The molecule has 0 bridgehead atoms. The van der Waals surface area contributed by atoms with Crippen LogP contribution in [0.1, 0.15) is 40.0 Å². The molecule has 0 aromatic heterocycles. The van der Waals surface area contributed by atoms with Crippen LogP contribution in [-0.2, 0) is 0 Å². The van der Waals surface area contributed by atoms with Gasteiger partial charge in [-0.05, 0) is 52.4 Å². The quantitative estimate of drug-likeness (QED) is 0.783. The zero-order chi connectivity index (χ0) is 13.8. The Morgan fingerprint density at radius 2 is 1.83 bits per heavy atom. The van der Waals surface area contributed by atoms with Crippen LogP contribution in [-0.4, -0.2) is 62.7 Å². The molecule has 1 fully saturated rings. The molecule has 3 nitrogen and oxygen atoms in total. The third kappa shape index (κ3) is 4.87. The largest absolute Gasteiger partial charge is 0.313 e. The van der Waals surface area contributed by atoms with Gasteiger partial charge in [-0.1, -0.05) is 20.8 Å². The Morgan fingerprint density at radius 1 is 1.17 bits per heavy atom. The molecule has 1 saturated carbocycles. The molecular weight excluding hydrogens is 222 g/mol. The van der Waals surface area contributed by atoms with Crippen molar-refractivity contribution in [3.8, 4) is 0 Å². The first-order valence-corrected chi connectivity index (χ1v) is 7.44. The lowest BCUT2D eigenvalue weighted by Gasteiger charge is -2.45. The highest BCUT2D eigenvalue weighted by Gasteiger charge is 2.36. The molecule has 1 aliphatic rings. The van der Waals surface area contributed by atoms with E-state index < -0.39 is 0 Å². The highest BCUT2D eigenvalue weighted by molar-refractivity contribution is 4.93. The third-order valence-electron chi connectivity index (χ3n) is 4.29. The fourth-order valence-corrected chi connectivity index (χ4v) is 3.04. The molecule has 0 radical (unpaired) electrons. The Morgan fingerprint density at radius 3 is 2.39 bits per heavy atom. The number of nitrogens with one attached hydrogen (secondary N) is 1. The number of hydrogen-bond donors (Lipinski definition) is 1. The van der Waals surface area contributed by atoms with Gasteiger partial charge in [-0.2, -0.15) is 0 Å². The highest BCUT2D eigenvalue weighted by atomic mass is 15.2. The molecule has 2 unspecified atom stereocenters. The molecule has 0 heterocycles. The maximum atomic E-state index is 3.69. The van der Waals surface area contributed by atoms with Gasteiger partial charge in [-0.15, -0.1) is 0 Å². The van der Waals surface area contributed by atoms with Gasteiger partial charge < -0.3 is 15.1 Å². The molecule has 0 aromatic rings. The Kier molecular flexibility index (Phi) is 6.09. The van der Waals surface area contributed by atoms with Gasteiger partial charge in [0.05, 0.1) is 0 Å². The van der Waals surface area contributed by atoms with Crippen LogP contribution in [0.15, 0.2) is 0 Å². The molecule has 0 amide bonds. The summed E-state index contributed by atoms with van der Waals surface area (Å²) < 4.78 is 0. The standard InChI is InChI=1S/C15H33N3/c1-7-16-13-8-9-15(2,3)12-14(13)18(6)11-10-17(4)5/h13-14,16H,7-12H2,1-6H3. The van der Waals surface area contributed by atoms with Gasteiger partial charge in [0.25, 0.3) is 0 Å². The minimum absolute atomic E-state index is 0.503. The van der Waals surface area contributed by atoms with Gasteiger partial charge in [0.1, 0.15) is 0 Å². The van der Waals surface area contributed by atoms with E-state index in [1.54, 1.807) is 0 Å². The summed E-state index contributed by atoms with van der Waals surface area (Å²) in [5.41, 5.74) is 0.503. The molecule has 0 spiro atoms. The number of rotatable bonds is 6. The summed E-state index contributed by atoms with van der Waals surface area (Å²) in [5.74, 6) is 0. The van der Waals surface area contributed by atoms with Gasteiger partial charge in [-0.3, -0.25) is 0 Å². The van der Waals surface area contributed by atoms with Crippen LogP contribution in [0.5, 0.6) is 0 Å². The second-order valence-corrected chi connectivity index (χ2v) is 6.92. The molecular formula is C15H33N3. The second kappa shape index (κ2) is 6.88. The molecule has 18 heavy (non-hydrogen) atoms. The smallest absolute Gasteiger partial charge is 0.0251 e. The zero-order valence-corrected chi connectivity index (χ0v) is 13.3. The van der Waals surface area contributed by atoms with Crippen molar-refractivity contribution in [3.05, 3.63) is 0 Å². The summed E-state index contributed by atoms with van der Waals surface area (Å²) >= 11 is 0. The summed E-state index contributed by atoms with van der Waals surface area (Å²) in [4.78, 5) is 4.83. The van der Waals surface area contributed by atoms with Crippen molar-refractivity contribution in [2.45, 2.75) is 52.1 Å². The van der Waals surface area contributed by atoms with Crippen LogP contribution in [0.3, 0.4) is 0 Å². The fraction of sp³-hybridized carbons (Fsp3) is 1.00. The van der Waals surface area contributed by atoms with Crippen LogP contribution < -0.4 is 5.32 Å². The average Bonchev–Trinajstić information content (AvgIpc) is 2.28. The normalized spacial score (nSPS) is 28.0. The van der Waals surface area contributed by atoms with Crippen LogP contribution in [0.2, 0.25) is 0 Å². The van der Waals surface area contributed by atoms with Crippen molar-refractivity contribution in [2.24, 2.45) is 5.41 Å². The highest BCUT2D eigenvalue weighted by Crippen LogP contribution is 2.37. The van der Waals surface area contributed by atoms with Crippen molar-refractivity contribution in [1.29, 1.82) is 0 Å². The lowest BCUT2D eigenvalue weighted by molar-refractivity contribution is 0.0785. The van der Waals surface area contributed by atoms with Crippen molar-refractivity contribution in [2.75, 3.05) is 40.8 Å². The van der Waals surface area contributed by atoms with Crippen LogP contribution in [0.25, 0.3) is 0 Å². The van der Waals surface area contributed by atoms with Crippen LogP contribution in [0, 0.1) is 5.41 Å². The molecule has 1 N–H and O–H groups in total. The van der Waals surface area contributed by atoms with E-state index in [0.717, 1.165) is 19.6 Å². The van der Waals surface area contributed by atoms with Crippen LogP contribution in [0.4, 0.5) is 0 Å². The van der Waals surface area contributed by atoms with Crippen molar-refractivity contribution < 1.29 is 0 Å². The van der Waals surface area contributed by atoms with E-state index in [1.165, 1.54) is 19.3 Å². The molecule has 0 saturated heterocycles. The molecule has 0 aliphatic heterocycles. The van der Waals surface area contributed by atoms with E-state index in [0.29, 0.717) is 17.5 Å². The molecule has 0 aromatic carbocycles. The summed E-state index contributed by atoms with van der Waals surface area (Å²) in [6, 6.07) is 1.36. The second-order valence-electron chi connectivity index (χ2n) is 6.92. The summed E-state index contributed by atoms with van der Waals surface area (Å²) in [5, 5.41) is 3.69.